The molecule has 0 aliphatic rings. The number of nitrogens with zero attached hydrogens (tertiary/aromatic N) is 2. The van der Waals surface area contributed by atoms with E-state index in [9.17, 15) is 96.5 Å². The Hall–Kier alpha value is -11.3. The molecule has 2 aromatic rings. The molecule has 2 aromatic heterocycles. The van der Waals surface area contributed by atoms with Crippen molar-refractivity contribution in [2.45, 2.75) is 189 Å². The molecule has 0 fully saturated rings. The quantitative estimate of drug-likeness (QED) is 0.0166. The zero-order chi connectivity index (χ0) is 88.0. The van der Waals surface area contributed by atoms with E-state index in [1.54, 1.807) is 26.4 Å². The Kier molecular flexibility index (Phi) is 47.4. The molecule has 15 atom stereocenters. The number of nitrogens with two attached hydrogens (primary N) is 5. The molecule has 654 valence electrons. The van der Waals surface area contributed by atoms with E-state index < -0.39 is 255 Å². The van der Waals surface area contributed by atoms with E-state index in [2.05, 4.69) is 99.7 Å². The lowest BCUT2D eigenvalue weighted by molar-refractivity contribution is -0.143. The first kappa shape index (κ1) is 102. The molecule has 0 bridgehead atoms. The second-order valence-corrected chi connectivity index (χ2v) is 28.7. The number of nitrogens with one attached hydrogen (secondary N) is 19. The number of guanidine groups is 1. The number of hydrogen-bond donors (Lipinski definition) is 28. The van der Waals surface area contributed by atoms with Crippen LogP contribution in [-0.4, -0.2) is 307 Å². The minimum absolute atomic E-state index is 0.00541. The molecule has 0 spiro atoms. The number of thioether (sulfide) groups is 2. The normalized spacial score (nSPS) is 14.8. The molecule has 48 nitrogen and oxygen atoms in total. The predicted molar refractivity (Wildman–Crippen MR) is 419 cm³/mol. The van der Waals surface area contributed by atoms with Crippen LogP contribution in [-0.2, 0) is 99.1 Å². The number of H-pyrrole nitrogens is 2. The highest BCUT2D eigenvalue weighted by Gasteiger charge is 2.39. The molecule has 117 heavy (non-hydrogen) atoms. The minimum Gasteiger partial charge on any atom is -0.480 e. The summed E-state index contributed by atoms with van der Waals surface area (Å²) in [6.07, 6.45) is 4.69. The van der Waals surface area contributed by atoms with Gasteiger partial charge in [0.15, 0.2) is 5.96 Å². The zero-order valence-corrected chi connectivity index (χ0v) is 67.2. The summed E-state index contributed by atoms with van der Waals surface area (Å²) in [5, 5.41) is 85.1. The Morgan fingerprint density at radius 2 is 0.872 bits per heavy atom. The average Bonchev–Trinajstić information content (AvgIpc) is 1.04. The molecule has 0 radical (unpaired) electrons. The molecule has 2 rings (SSSR count). The van der Waals surface area contributed by atoms with Crippen molar-refractivity contribution in [2.75, 3.05) is 70.0 Å². The van der Waals surface area contributed by atoms with Crippen molar-refractivity contribution < 1.29 is 107 Å². The van der Waals surface area contributed by atoms with Crippen molar-refractivity contribution in [3.8, 4) is 0 Å². The number of aromatic amines is 2. The van der Waals surface area contributed by atoms with Gasteiger partial charge >= 0.3 is 5.97 Å². The lowest BCUT2D eigenvalue weighted by atomic mass is 9.97. The molecular weight excluding hydrogens is 1590 g/mol. The topological polar surface area (TPSA) is 792 Å². The van der Waals surface area contributed by atoms with Crippen LogP contribution in [0.5, 0.6) is 0 Å². The molecule has 0 saturated heterocycles. The summed E-state index contributed by atoms with van der Waals surface area (Å²) in [5.74, 6) is -19.5. The van der Waals surface area contributed by atoms with Gasteiger partial charge in [0, 0.05) is 31.8 Å². The molecular formula is C67H112N26O22S2. The first-order valence-corrected chi connectivity index (χ1v) is 39.7. The SMILES string of the molecule is CC[C@H](C)[C@H](NC(=O)[C@H](CCSC)NC(=O)[C@H](CO)NC(=O)[C@@H](N)CC(N)=O)C(=O)N[C@@H](C)C(=O)N[C@@H](Cc1c[nH]cn1)C(=O)N[C@@H](CC(N)=O)C(=O)N[C@@H](CCCCN)C(=O)N[C@H](C(=O)N[C@@H](CCCNC(=N)N)C(=O)N[C@@H](CCSC)C(=O)N[C@@H](Cc1c[nH]cn1)C(=O)NCC(=O)NCC(=O)NCC(=O)N[C@@H](CO)C(=O)O)[C@@H](C)O. The van der Waals surface area contributed by atoms with E-state index in [0.717, 1.165) is 6.92 Å². The summed E-state index contributed by atoms with van der Waals surface area (Å²) < 4.78 is 0. The monoisotopic (exact) mass is 1700 g/mol. The van der Waals surface area contributed by atoms with Crippen LogP contribution in [0.25, 0.3) is 0 Å². The first-order chi connectivity index (χ1) is 55.3. The fourth-order valence-corrected chi connectivity index (χ4v) is 11.5. The zero-order valence-electron chi connectivity index (χ0n) is 65.6. The number of aliphatic carboxylic acids is 1. The van der Waals surface area contributed by atoms with Gasteiger partial charge in [0.2, 0.25) is 100 Å². The van der Waals surface area contributed by atoms with Crippen molar-refractivity contribution in [2.24, 2.45) is 34.6 Å². The summed E-state index contributed by atoms with van der Waals surface area (Å²) >= 11 is 2.55. The van der Waals surface area contributed by atoms with E-state index in [4.69, 9.17) is 44.3 Å². The van der Waals surface area contributed by atoms with Crippen molar-refractivity contribution in [1.82, 2.24) is 105 Å². The van der Waals surface area contributed by atoms with E-state index in [1.165, 1.54) is 55.5 Å². The second kappa shape index (κ2) is 54.5. The number of hydrogen-bond acceptors (Lipinski definition) is 28. The number of imidazole rings is 2. The van der Waals surface area contributed by atoms with Gasteiger partial charge in [-0.3, -0.25) is 86.9 Å². The van der Waals surface area contributed by atoms with Gasteiger partial charge in [0.05, 0.1) is 81.9 Å². The number of aliphatic hydroxyl groups is 3. The summed E-state index contributed by atoms with van der Waals surface area (Å²) in [4.78, 5) is 254. The van der Waals surface area contributed by atoms with Crippen LogP contribution >= 0.6 is 23.5 Å². The minimum atomic E-state index is -1.95. The third-order valence-electron chi connectivity index (χ3n) is 17.2. The number of aromatic nitrogens is 4. The Morgan fingerprint density at radius 1 is 0.462 bits per heavy atom. The fraction of sp³-hybridized carbons (Fsp3) is 0.627. The van der Waals surface area contributed by atoms with Crippen molar-refractivity contribution >= 4 is 136 Å². The number of aliphatic hydroxyl groups excluding tert-OH is 3. The number of carboxylic acid groups (broad SMARTS) is 1. The molecule has 0 saturated carbocycles. The van der Waals surface area contributed by atoms with Gasteiger partial charge in [-0.1, -0.05) is 20.3 Å². The fourth-order valence-electron chi connectivity index (χ4n) is 10.5. The largest absolute Gasteiger partial charge is 0.480 e. The maximum Gasteiger partial charge on any atom is 0.328 e. The Balaban J connectivity index is 2.44. The predicted octanol–water partition coefficient (Wildman–Crippen LogP) is -12.4. The number of carbonyl (C=O) groups excluding carboxylic acids is 17. The smallest absolute Gasteiger partial charge is 0.328 e. The lowest BCUT2D eigenvalue weighted by Crippen LogP contribution is -2.62. The highest BCUT2D eigenvalue weighted by atomic mass is 32.2. The van der Waals surface area contributed by atoms with Crippen LogP contribution in [0, 0.1) is 11.3 Å². The van der Waals surface area contributed by atoms with E-state index in [-0.39, 0.29) is 93.8 Å². The molecule has 17 amide bonds. The maximum atomic E-state index is 14.5. The number of unbranched alkanes of at least 4 members (excludes halogenated alkanes) is 1. The van der Waals surface area contributed by atoms with Crippen LogP contribution in [0.1, 0.15) is 103 Å². The Bertz CT molecular complexity index is 3660. The standard InChI is InChI=1S/C67H112N26O22S2/c1-7-32(2)52(92-60(108)41(14-18-117-6)86-63(111)45(28-94)91-55(103)37(69)21-47(70)97)64(112)82-33(3)54(102)88-43(20-36-24-75-31-81-36)61(109)90-44(22-48(71)98)62(110)84-38(11-8-9-15-68)59(107)93-53(34(4)96)65(113)87-39(12-10-16-76-67(72)73)57(105)85-40(13-17-116-5)58(106)89-42(19-35-23-74-30-80-35)56(104)79-26-50(100)77-25-49(99)78-27-51(101)83-46(29-95)66(114)115/h23-24,30-34,37-46,52-53,94-96H,7-22,25-29,68-69H2,1-6H3,(H2,70,97)(H2,71,98)(H,74,80)(H,75,81)(H,77,100)(H,78,99)(H,79,104)(H,82,112)(H,83,101)(H,84,110)(H,85,105)(H,86,111)(H,87,113)(H,88,102)(H,89,106)(H,90,109)(H,91,103)(H,92,108)(H,93,107)(H,114,115)(H4,72,73,76)/t32-,33-,34+,37-,38-,39-,40-,41-,42-,43-,44-,45-,46-,52-,53-/m0/s1. The van der Waals surface area contributed by atoms with Crippen molar-refractivity contribution in [3.63, 3.8) is 0 Å². The van der Waals surface area contributed by atoms with Crippen LogP contribution in [0.4, 0.5) is 0 Å². The summed E-state index contributed by atoms with van der Waals surface area (Å²) in [7, 11) is 0. The van der Waals surface area contributed by atoms with Gasteiger partial charge in [0.1, 0.15) is 72.5 Å². The summed E-state index contributed by atoms with van der Waals surface area (Å²) in [5.41, 5.74) is 28.1. The molecule has 0 aliphatic carbocycles. The number of amides is 17. The second-order valence-electron chi connectivity index (χ2n) is 26.7. The molecule has 0 unspecified atom stereocenters. The van der Waals surface area contributed by atoms with Crippen LogP contribution in [0.2, 0.25) is 0 Å². The number of carbonyl (C=O) groups is 18. The molecule has 2 heterocycles. The molecule has 0 aromatic carbocycles. The van der Waals surface area contributed by atoms with Crippen LogP contribution in [0.15, 0.2) is 25.0 Å². The maximum absolute atomic E-state index is 14.5. The average molecular weight is 1700 g/mol. The summed E-state index contributed by atoms with van der Waals surface area (Å²) in [6, 6.07) is -20.8. The third-order valence-corrected chi connectivity index (χ3v) is 18.5. The number of primary amides is 2. The molecule has 33 N–H and O–H groups in total. The highest BCUT2D eigenvalue weighted by Crippen LogP contribution is 2.14. The molecule has 0 aliphatic heterocycles. The van der Waals surface area contributed by atoms with Crippen molar-refractivity contribution in [3.05, 3.63) is 36.4 Å². The first-order valence-electron chi connectivity index (χ1n) is 36.9. The van der Waals surface area contributed by atoms with Crippen LogP contribution < -0.4 is 114 Å². The van der Waals surface area contributed by atoms with Gasteiger partial charge in [-0.2, -0.15) is 23.5 Å². The Morgan fingerprint density at radius 3 is 1.33 bits per heavy atom. The van der Waals surface area contributed by atoms with Gasteiger partial charge in [-0.25, -0.2) is 14.8 Å². The number of rotatable bonds is 58. The van der Waals surface area contributed by atoms with Gasteiger partial charge in [0.25, 0.3) is 0 Å². The van der Waals surface area contributed by atoms with Gasteiger partial charge in [-0.05, 0) is 95.3 Å². The highest BCUT2D eigenvalue weighted by molar-refractivity contribution is 7.98. The Labute approximate surface area is 680 Å². The lowest BCUT2D eigenvalue weighted by Gasteiger charge is -2.29. The van der Waals surface area contributed by atoms with E-state index in [1.807, 2.05) is 5.32 Å². The number of carboxylic acids is 1. The van der Waals surface area contributed by atoms with E-state index in [0.29, 0.717) is 0 Å². The van der Waals surface area contributed by atoms with Gasteiger partial charge in [-0.15, -0.1) is 0 Å². The van der Waals surface area contributed by atoms with Crippen molar-refractivity contribution in [1.29, 1.82) is 5.41 Å². The van der Waals surface area contributed by atoms with E-state index >= 15 is 0 Å². The molecule has 50 heteroatoms. The third kappa shape index (κ3) is 39.2. The van der Waals surface area contributed by atoms with Crippen LogP contribution in [0.3, 0.4) is 0 Å². The van der Waals surface area contributed by atoms with Gasteiger partial charge < -0.3 is 144 Å². The summed E-state index contributed by atoms with van der Waals surface area (Å²) in [6.45, 7) is 1.58.